The lowest BCUT2D eigenvalue weighted by molar-refractivity contribution is 0.250. The van der Waals surface area contributed by atoms with Gasteiger partial charge in [-0.3, -0.25) is 0 Å². The summed E-state index contributed by atoms with van der Waals surface area (Å²) in [6.07, 6.45) is 1.37. The summed E-state index contributed by atoms with van der Waals surface area (Å²) < 4.78 is 26.1. The number of nitrogens with zero attached hydrogens (tertiary/aromatic N) is 1. The quantitative estimate of drug-likeness (QED) is 0.917. The second kappa shape index (κ2) is 7.04. The second-order valence-electron chi connectivity index (χ2n) is 4.93. The SMILES string of the molecule is CC1CN(S(=O)(=O)CCc2cccs2)CCC1N.Cl. The van der Waals surface area contributed by atoms with Gasteiger partial charge >= 0.3 is 0 Å². The summed E-state index contributed by atoms with van der Waals surface area (Å²) in [5.74, 6) is 0.449. The molecule has 7 heteroatoms. The molecule has 1 fully saturated rings. The third-order valence-electron chi connectivity index (χ3n) is 3.51. The van der Waals surface area contributed by atoms with E-state index in [1.807, 2.05) is 24.4 Å². The normalized spacial score (nSPS) is 24.9. The molecule has 4 nitrogen and oxygen atoms in total. The molecular formula is C12H21ClN2O2S2. The molecule has 0 aliphatic carbocycles. The Morgan fingerprint density at radius 1 is 1.53 bits per heavy atom. The molecular weight excluding hydrogens is 304 g/mol. The number of rotatable bonds is 4. The molecule has 0 saturated carbocycles. The van der Waals surface area contributed by atoms with Crippen molar-refractivity contribution in [3.05, 3.63) is 22.4 Å². The smallest absolute Gasteiger partial charge is 0.214 e. The first-order valence-corrected chi connectivity index (χ1v) is 8.74. The van der Waals surface area contributed by atoms with Crippen LogP contribution >= 0.6 is 23.7 Å². The molecule has 2 atom stereocenters. The van der Waals surface area contributed by atoms with E-state index >= 15 is 0 Å². The number of hydrogen-bond acceptors (Lipinski definition) is 4. The van der Waals surface area contributed by atoms with Gasteiger partial charge in [0.1, 0.15) is 0 Å². The van der Waals surface area contributed by atoms with Gasteiger partial charge in [0.25, 0.3) is 0 Å². The van der Waals surface area contributed by atoms with Gasteiger partial charge in [0.15, 0.2) is 0 Å². The fraction of sp³-hybridized carbons (Fsp3) is 0.667. The van der Waals surface area contributed by atoms with Gasteiger partial charge in [-0.15, -0.1) is 23.7 Å². The first kappa shape index (κ1) is 16.9. The lowest BCUT2D eigenvalue weighted by Gasteiger charge is -2.34. The van der Waals surface area contributed by atoms with E-state index < -0.39 is 10.0 Å². The highest BCUT2D eigenvalue weighted by Gasteiger charge is 2.30. The molecule has 2 heterocycles. The Labute approximate surface area is 125 Å². The van der Waals surface area contributed by atoms with E-state index in [2.05, 4.69) is 0 Å². The van der Waals surface area contributed by atoms with Crippen LogP contribution in [-0.4, -0.2) is 37.6 Å². The van der Waals surface area contributed by atoms with Crippen molar-refractivity contribution >= 4 is 33.8 Å². The van der Waals surface area contributed by atoms with Crippen LogP contribution in [0.15, 0.2) is 17.5 Å². The summed E-state index contributed by atoms with van der Waals surface area (Å²) in [7, 11) is -3.13. The molecule has 1 aliphatic rings. The number of hydrogen-bond donors (Lipinski definition) is 1. The number of nitrogens with two attached hydrogens (primary N) is 1. The Morgan fingerprint density at radius 3 is 2.84 bits per heavy atom. The van der Waals surface area contributed by atoms with Crippen LogP contribution in [0.2, 0.25) is 0 Å². The second-order valence-corrected chi connectivity index (χ2v) is 8.05. The third kappa shape index (κ3) is 4.43. The van der Waals surface area contributed by atoms with Crippen molar-refractivity contribution in [3.8, 4) is 0 Å². The van der Waals surface area contributed by atoms with E-state index in [-0.39, 0.29) is 30.1 Å². The van der Waals surface area contributed by atoms with Crippen molar-refractivity contribution in [1.29, 1.82) is 0 Å². The molecule has 0 aromatic carbocycles. The largest absolute Gasteiger partial charge is 0.327 e. The van der Waals surface area contributed by atoms with E-state index in [0.717, 1.165) is 11.3 Å². The molecule has 2 N–H and O–H groups in total. The van der Waals surface area contributed by atoms with E-state index in [9.17, 15) is 8.42 Å². The maximum atomic E-state index is 12.2. The topological polar surface area (TPSA) is 63.4 Å². The van der Waals surface area contributed by atoms with Gasteiger partial charge in [0.2, 0.25) is 10.0 Å². The minimum Gasteiger partial charge on any atom is -0.327 e. The zero-order valence-corrected chi connectivity index (χ0v) is 13.4. The van der Waals surface area contributed by atoms with Gasteiger partial charge in [-0.05, 0) is 30.2 Å². The molecule has 1 aliphatic heterocycles. The van der Waals surface area contributed by atoms with Gasteiger partial charge in [-0.2, -0.15) is 0 Å². The molecule has 0 amide bonds. The molecule has 0 spiro atoms. The van der Waals surface area contributed by atoms with Crippen molar-refractivity contribution in [2.24, 2.45) is 11.7 Å². The van der Waals surface area contributed by atoms with Gasteiger partial charge in [0.05, 0.1) is 5.75 Å². The standard InChI is InChI=1S/C12H20N2O2S2.ClH/c1-10-9-14(6-4-12(10)13)18(15,16)8-5-11-3-2-7-17-11;/h2-3,7,10,12H,4-6,8-9,13H2,1H3;1H. The predicted octanol–water partition coefficient (Wildman–Crippen LogP) is 1.71. The van der Waals surface area contributed by atoms with Gasteiger partial charge < -0.3 is 5.73 Å². The summed E-state index contributed by atoms with van der Waals surface area (Å²) in [6.45, 7) is 3.15. The minimum absolute atomic E-state index is 0. The van der Waals surface area contributed by atoms with Crippen molar-refractivity contribution in [2.45, 2.75) is 25.8 Å². The van der Waals surface area contributed by atoms with E-state index in [1.54, 1.807) is 15.6 Å². The first-order valence-electron chi connectivity index (χ1n) is 6.25. The van der Waals surface area contributed by atoms with E-state index in [1.165, 1.54) is 0 Å². The van der Waals surface area contributed by atoms with Crippen LogP contribution in [0.5, 0.6) is 0 Å². The van der Waals surface area contributed by atoms with Crippen LogP contribution in [0, 0.1) is 5.92 Å². The molecule has 2 unspecified atom stereocenters. The average Bonchev–Trinajstić information content (AvgIpc) is 2.83. The first-order chi connectivity index (χ1) is 8.49. The molecule has 19 heavy (non-hydrogen) atoms. The summed E-state index contributed by atoms with van der Waals surface area (Å²) >= 11 is 1.61. The van der Waals surface area contributed by atoms with Crippen LogP contribution in [0.3, 0.4) is 0 Å². The molecule has 1 saturated heterocycles. The minimum atomic E-state index is -3.13. The van der Waals surface area contributed by atoms with Crippen molar-refractivity contribution in [1.82, 2.24) is 4.31 Å². The van der Waals surface area contributed by atoms with Crippen molar-refractivity contribution in [3.63, 3.8) is 0 Å². The summed E-state index contributed by atoms with van der Waals surface area (Å²) in [5.41, 5.74) is 5.92. The Balaban J connectivity index is 0.00000180. The number of sulfonamides is 1. The Kier molecular flexibility index (Phi) is 6.26. The van der Waals surface area contributed by atoms with Gasteiger partial charge in [-0.1, -0.05) is 13.0 Å². The Hall–Kier alpha value is -0.140. The molecule has 1 aromatic heterocycles. The summed E-state index contributed by atoms with van der Waals surface area (Å²) in [6, 6.07) is 4.07. The van der Waals surface area contributed by atoms with Crippen LogP contribution in [-0.2, 0) is 16.4 Å². The summed E-state index contributed by atoms with van der Waals surface area (Å²) in [5, 5.41) is 1.98. The number of aryl methyl sites for hydroxylation is 1. The van der Waals surface area contributed by atoms with Crippen molar-refractivity contribution < 1.29 is 8.42 Å². The number of piperidine rings is 1. The average molecular weight is 325 g/mol. The number of thiophene rings is 1. The van der Waals surface area contributed by atoms with E-state index in [0.29, 0.717) is 19.5 Å². The predicted molar refractivity (Wildman–Crippen MR) is 82.4 cm³/mol. The van der Waals surface area contributed by atoms with Crippen LogP contribution in [0.1, 0.15) is 18.2 Å². The van der Waals surface area contributed by atoms with E-state index in [4.69, 9.17) is 5.73 Å². The highest BCUT2D eigenvalue weighted by atomic mass is 35.5. The Morgan fingerprint density at radius 2 is 2.26 bits per heavy atom. The molecule has 0 radical (unpaired) electrons. The third-order valence-corrected chi connectivity index (χ3v) is 6.29. The maximum absolute atomic E-state index is 12.2. The molecule has 0 bridgehead atoms. The molecule has 2 rings (SSSR count). The fourth-order valence-electron chi connectivity index (χ4n) is 2.19. The lowest BCUT2D eigenvalue weighted by Crippen LogP contribution is -2.48. The van der Waals surface area contributed by atoms with Crippen LogP contribution in [0.25, 0.3) is 0 Å². The monoisotopic (exact) mass is 324 g/mol. The van der Waals surface area contributed by atoms with Crippen LogP contribution < -0.4 is 5.73 Å². The molecule has 1 aromatic rings. The van der Waals surface area contributed by atoms with Gasteiger partial charge in [-0.25, -0.2) is 12.7 Å². The fourth-order valence-corrected chi connectivity index (χ4v) is 4.61. The number of halogens is 1. The zero-order valence-electron chi connectivity index (χ0n) is 11.0. The lowest BCUT2D eigenvalue weighted by atomic mass is 9.96. The maximum Gasteiger partial charge on any atom is 0.214 e. The zero-order chi connectivity index (χ0) is 13.2. The van der Waals surface area contributed by atoms with Gasteiger partial charge in [0, 0.05) is 24.0 Å². The highest BCUT2D eigenvalue weighted by molar-refractivity contribution is 7.89. The molecule has 110 valence electrons. The van der Waals surface area contributed by atoms with Crippen LogP contribution in [0.4, 0.5) is 0 Å². The Bertz CT molecular complexity index is 476. The van der Waals surface area contributed by atoms with Crippen molar-refractivity contribution in [2.75, 3.05) is 18.8 Å². The summed E-state index contributed by atoms with van der Waals surface area (Å²) in [4.78, 5) is 1.13. The highest BCUT2D eigenvalue weighted by Crippen LogP contribution is 2.19.